The minimum absolute atomic E-state index is 0.250. The van der Waals surface area contributed by atoms with Crippen molar-refractivity contribution < 1.29 is 14.9 Å². The van der Waals surface area contributed by atoms with E-state index in [4.69, 9.17) is 14.9 Å². The van der Waals surface area contributed by atoms with Gasteiger partial charge >= 0.3 is 0 Å². The van der Waals surface area contributed by atoms with Gasteiger partial charge in [0.25, 0.3) is 0 Å². The third kappa shape index (κ3) is 7.78. The monoisotopic (exact) mass is 162 g/mol. The van der Waals surface area contributed by atoms with E-state index >= 15 is 0 Å². The lowest BCUT2D eigenvalue weighted by Gasteiger charge is -2.07. The molecule has 0 spiro atoms. The Bertz CT molecular complexity index is 75.7. The Balaban J connectivity index is 2.97. The Labute approximate surface area is 68.0 Å². The number of unbranched alkanes of at least 4 members (excludes halogenated alkanes) is 2. The summed E-state index contributed by atoms with van der Waals surface area (Å²) in [7, 11) is 1.58. The van der Waals surface area contributed by atoms with Gasteiger partial charge in [-0.3, -0.25) is 0 Å². The fourth-order valence-electron chi connectivity index (χ4n) is 0.944. The van der Waals surface area contributed by atoms with Crippen molar-refractivity contribution in [1.82, 2.24) is 0 Å². The van der Waals surface area contributed by atoms with Crippen molar-refractivity contribution in [3.05, 3.63) is 0 Å². The molecule has 68 valence electrons. The van der Waals surface area contributed by atoms with E-state index < -0.39 is 0 Å². The maximum atomic E-state index is 9.16. The van der Waals surface area contributed by atoms with Crippen molar-refractivity contribution in [2.45, 2.75) is 31.8 Å². The van der Waals surface area contributed by atoms with Gasteiger partial charge in [0.1, 0.15) is 0 Å². The highest BCUT2D eigenvalue weighted by Crippen LogP contribution is 2.02. The minimum atomic E-state index is -0.335. The van der Waals surface area contributed by atoms with Gasteiger partial charge in [-0.05, 0) is 12.8 Å². The largest absolute Gasteiger partial charge is 0.396 e. The maximum absolute atomic E-state index is 9.16. The zero-order valence-corrected chi connectivity index (χ0v) is 7.12. The summed E-state index contributed by atoms with van der Waals surface area (Å²) in [6.45, 7) is 0.666. The molecule has 0 fully saturated rings. The van der Waals surface area contributed by atoms with Crippen molar-refractivity contribution in [3.63, 3.8) is 0 Å². The van der Waals surface area contributed by atoms with Crippen LogP contribution in [0.15, 0.2) is 0 Å². The highest BCUT2D eigenvalue weighted by molar-refractivity contribution is 4.53. The van der Waals surface area contributed by atoms with Gasteiger partial charge in [0.05, 0.1) is 12.7 Å². The molecule has 0 aliphatic heterocycles. The number of aliphatic hydroxyl groups is 2. The van der Waals surface area contributed by atoms with E-state index in [9.17, 15) is 0 Å². The second kappa shape index (κ2) is 7.98. The highest BCUT2D eigenvalue weighted by Gasteiger charge is 2.01. The van der Waals surface area contributed by atoms with Crippen molar-refractivity contribution in [2.24, 2.45) is 0 Å². The SMILES string of the molecule is COCC(O)CCCCCO. The fourth-order valence-corrected chi connectivity index (χ4v) is 0.944. The van der Waals surface area contributed by atoms with Crippen LogP contribution < -0.4 is 0 Å². The fraction of sp³-hybridized carbons (Fsp3) is 1.00. The van der Waals surface area contributed by atoms with Gasteiger partial charge in [-0.2, -0.15) is 0 Å². The van der Waals surface area contributed by atoms with Crippen molar-refractivity contribution in [3.8, 4) is 0 Å². The summed E-state index contributed by atoms with van der Waals surface area (Å²) in [6.07, 6.45) is 3.22. The molecule has 0 amide bonds. The zero-order valence-electron chi connectivity index (χ0n) is 7.12. The van der Waals surface area contributed by atoms with Gasteiger partial charge < -0.3 is 14.9 Å². The molecule has 0 saturated heterocycles. The van der Waals surface area contributed by atoms with Crippen LogP contribution in [0.4, 0.5) is 0 Å². The van der Waals surface area contributed by atoms with Gasteiger partial charge in [0.2, 0.25) is 0 Å². The van der Waals surface area contributed by atoms with Crippen LogP contribution in [0, 0.1) is 0 Å². The molecule has 0 rings (SSSR count). The first-order valence-electron chi connectivity index (χ1n) is 4.09. The first kappa shape index (κ1) is 10.9. The van der Waals surface area contributed by atoms with Crippen LogP contribution >= 0.6 is 0 Å². The Morgan fingerprint density at radius 2 is 2.00 bits per heavy atom. The number of ether oxygens (including phenoxy) is 1. The number of hydrogen-bond donors (Lipinski definition) is 2. The Hall–Kier alpha value is -0.120. The molecule has 3 nitrogen and oxygen atoms in total. The predicted molar refractivity (Wildman–Crippen MR) is 43.4 cm³/mol. The van der Waals surface area contributed by atoms with E-state index in [1.807, 2.05) is 0 Å². The van der Waals surface area contributed by atoms with Crippen LogP contribution in [0.1, 0.15) is 25.7 Å². The Morgan fingerprint density at radius 1 is 1.27 bits per heavy atom. The van der Waals surface area contributed by atoms with Gasteiger partial charge in [0, 0.05) is 13.7 Å². The summed E-state index contributed by atoms with van der Waals surface area (Å²) < 4.78 is 4.76. The molecular weight excluding hydrogens is 144 g/mol. The van der Waals surface area contributed by atoms with Crippen molar-refractivity contribution in [2.75, 3.05) is 20.3 Å². The zero-order chi connectivity index (χ0) is 8.53. The van der Waals surface area contributed by atoms with E-state index in [1.165, 1.54) is 0 Å². The third-order valence-electron chi connectivity index (χ3n) is 1.55. The van der Waals surface area contributed by atoms with E-state index in [1.54, 1.807) is 7.11 Å². The highest BCUT2D eigenvalue weighted by atomic mass is 16.5. The molecular formula is C8H18O3. The van der Waals surface area contributed by atoms with E-state index in [0.29, 0.717) is 6.61 Å². The molecule has 0 saturated carbocycles. The van der Waals surface area contributed by atoms with Crippen LogP contribution in [0.3, 0.4) is 0 Å². The first-order valence-corrected chi connectivity index (χ1v) is 4.09. The molecule has 1 unspecified atom stereocenters. The molecule has 2 N–H and O–H groups in total. The number of rotatable bonds is 7. The number of methoxy groups -OCH3 is 1. The van der Waals surface area contributed by atoms with E-state index in [2.05, 4.69) is 0 Å². The van der Waals surface area contributed by atoms with Crippen molar-refractivity contribution >= 4 is 0 Å². The molecule has 0 aromatic rings. The molecule has 3 heteroatoms. The van der Waals surface area contributed by atoms with Crippen LogP contribution in [-0.4, -0.2) is 36.6 Å². The average molecular weight is 162 g/mol. The summed E-state index contributed by atoms with van der Waals surface area (Å²) >= 11 is 0. The third-order valence-corrected chi connectivity index (χ3v) is 1.55. The smallest absolute Gasteiger partial charge is 0.0773 e. The molecule has 0 bridgehead atoms. The van der Waals surface area contributed by atoms with Gasteiger partial charge in [-0.25, -0.2) is 0 Å². The van der Waals surface area contributed by atoms with E-state index in [0.717, 1.165) is 25.7 Å². The molecule has 0 aromatic heterocycles. The first-order chi connectivity index (χ1) is 5.31. The van der Waals surface area contributed by atoms with Gasteiger partial charge in [0.15, 0.2) is 0 Å². The Kier molecular flexibility index (Phi) is 7.89. The number of aliphatic hydroxyl groups excluding tert-OH is 2. The summed E-state index contributed by atoms with van der Waals surface area (Å²) in [6, 6.07) is 0. The Morgan fingerprint density at radius 3 is 2.55 bits per heavy atom. The van der Waals surface area contributed by atoms with Crippen molar-refractivity contribution in [1.29, 1.82) is 0 Å². The van der Waals surface area contributed by atoms with Crippen LogP contribution in [0.5, 0.6) is 0 Å². The molecule has 0 aromatic carbocycles. The predicted octanol–water partition coefficient (Wildman–Crippen LogP) is 0.546. The number of hydrogen-bond acceptors (Lipinski definition) is 3. The van der Waals surface area contributed by atoms with Gasteiger partial charge in [-0.1, -0.05) is 12.8 Å². The minimum Gasteiger partial charge on any atom is -0.396 e. The lowest BCUT2D eigenvalue weighted by Crippen LogP contribution is -2.13. The van der Waals surface area contributed by atoms with Crippen LogP contribution in [0.2, 0.25) is 0 Å². The summed E-state index contributed by atoms with van der Waals surface area (Å²) in [5.74, 6) is 0. The lowest BCUT2D eigenvalue weighted by molar-refractivity contribution is 0.0573. The van der Waals surface area contributed by atoms with Gasteiger partial charge in [-0.15, -0.1) is 0 Å². The summed E-state index contributed by atoms with van der Waals surface area (Å²) in [4.78, 5) is 0. The van der Waals surface area contributed by atoms with E-state index in [-0.39, 0.29) is 12.7 Å². The van der Waals surface area contributed by atoms with Crippen LogP contribution in [0.25, 0.3) is 0 Å². The average Bonchev–Trinajstić information content (AvgIpc) is 1.99. The maximum Gasteiger partial charge on any atom is 0.0773 e. The normalized spacial score (nSPS) is 13.4. The lowest BCUT2D eigenvalue weighted by atomic mass is 10.1. The molecule has 0 aliphatic carbocycles. The quantitative estimate of drug-likeness (QED) is 0.537. The second-order valence-electron chi connectivity index (χ2n) is 2.68. The molecule has 0 radical (unpaired) electrons. The molecule has 0 aliphatic rings. The topological polar surface area (TPSA) is 49.7 Å². The molecule has 11 heavy (non-hydrogen) atoms. The molecule has 0 heterocycles. The summed E-state index contributed by atoms with van der Waals surface area (Å²) in [5.41, 5.74) is 0. The molecule has 1 atom stereocenters. The second-order valence-corrected chi connectivity index (χ2v) is 2.68. The van der Waals surface area contributed by atoms with Crippen LogP contribution in [-0.2, 0) is 4.74 Å². The standard InChI is InChI=1S/C8H18O3/c1-11-7-8(10)5-3-2-4-6-9/h8-10H,2-7H2,1H3. The summed E-state index contributed by atoms with van der Waals surface area (Å²) in [5, 5.41) is 17.6.